The molecule has 0 aromatic carbocycles. The van der Waals surface area contributed by atoms with Crippen LogP contribution in [0, 0.1) is 5.41 Å². The molecule has 0 N–H and O–H groups in total. The minimum Gasteiger partial charge on any atom is -0.464 e. The molecule has 0 radical (unpaired) electrons. The second-order valence-electron chi connectivity index (χ2n) is 7.13. The van der Waals surface area contributed by atoms with Crippen LogP contribution in [0.4, 0.5) is 26.3 Å². The molecule has 10 heteroatoms. The fourth-order valence-corrected chi connectivity index (χ4v) is 3.56. The molecule has 2 atom stereocenters. The summed E-state index contributed by atoms with van der Waals surface area (Å²) in [7, 11) is 0.911. The largest absolute Gasteiger partial charge is 0.464 e. The first-order chi connectivity index (χ1) is 11.4. The zero-order valence-electron chi connectivity index (χ0n) is 13.5. The van der Waals surface area contributed by atoms with Crippen LogP contribution in [0.5, 0.6) is 0 Å². The van der Waals surface area contributed by atoms with Crippen LogP contribution in [-0.2, 0) is 17.5 Å². The molecule has 2 fully saturated rings. The van der Waals surface area contributed by atoms with Crippen LogP contribution in [0.25, 0.3) is 0 Å². The van der Waals surface area contributed by atoms with Crippen molar-refractivity contribution in [1.29, 1.82) is 0 Å². The molecule has 0 aliphatic heterocycles. The minimum atomic E-state index is -4.94. The smallest absolute Gasteiger partial charge is 0.420 e. The SMILES string of the molecule is COC(=O)c1c(C(F)(F)F)c(C2CC2F)nn1CC1(C)CC(F)(F)C1. The van der Waals surface area contributed by atoms with Gasteiger partial charge in [0.1, 0.15) is 11.7 Å². The van der Waals surface area contributed by atoms with Crippen molar-refractivity contribution in [1.82, 2.24) is 9.78 Å². The molecule has 140 valence electrons. The highest BCUT2D eigenvalue weighted by atomic mass is 19.4. The maximum absolute atomic E-state index is 13.5. The summed E-state index contributed by atoms with van der Waals surface area (Å²) in [5.74, 6) is -5.21. The van der Waals surface area contributed by atoms with E-state index in [9.17, 15) is 31.1 Å². The number of halogens is 6. The van der Waals surface area contributed by atoms with E-state index in [2.05, 4.69) is 9.84 Å². The van der Waals surface area contributed by atoms with Crippen LogP contribution in [-0.4, -0.2) is 35.0 Å². The van der Waals surface area contributed by atoms with E-state index in [0.717, 1.165) is 11.8 Å². The number of rotatable bonds is 4. The van der Waals surface area contributed by atoms with Gasteiger partial charge in [-0.15, -0.1) is 0 Å². The third-order valence-electron chi connectivity index (χ3n) is 4.61. The number of aromatic nitrogens is 2. The second kappa shape index (κ2) is 5.38. The number of methoxy groups -OCH3 is 1. The Balaban J connectivity index is 2.05. The van der Waals surface area contributed by atoms with Gasteiger partial charge in [0.2, 0.25) is 5.92 Å². The number of hydrogen-bond acceptors (Lipinski definition) is 3. The number of nitrogens with zero attached hydrogens (tertiary/aromatic N) is 2. The highest BCUT2D eigenvalue weighted by Gasteiger charge is 2.55. The average molecular weight is 370 g/mol. The fourth-order valence-electron chi connectivity index (χ4n) is 3.56. The Morgan fingerprint density at radius 1 is 1.36 bits per heavy atom. The molecule has 2 unspecified atom stereocenters. The van der Waals surface area contributed by atoms with Gasteiger partial charge in [0.25, 0.3) is 0 Å². The topological polar surface area (TPSA) is 44.1 Å². The van der Waals surface area contributed by atoms with Gasteiger partial charge in [0.05, 0.1) is 12.8 Å². The number of carbonyl (C=O) groups excluding carboxylic acids is 1. The van der Waals surface area contributed by atoms with Crippen LogP contribution >= 0.6 is 0 Å². The van der Waals surface area contributed by atoms with Crippen LogP contribution in [0.15, 0.2) is 0 Å². The summed E-state index contributed by atoms with van der Waals surface area (Å²) in [6, 6.07) is 0. The van der Waals surface area contributed by atoms with E-state index in [1.54, 1.807) is 0 Å². The number of esters is 1. The maximum Gasteiger partial charge on any atom is 0.420 e. The quantitative estimate of drug-likeness (QED) is 0.596. The molecule has 1 aromatic rings. The summed E-state index contributed by atoms with van der Waals surface area (Å²) < 4.78 is 85.3. The lowest BCUT2D eigenvalue weighted by Crippen LogP contribution is -2.47. The summed E-state index contributed by atoms with van der Waals surface area (Å²) in [5.41, 5.74) is -3.76. The Hall–Kier alpha value is -1.74. The van der Waals surface area contributed by atoms with Gasteiger partial charge >= 0.3 is 12.1 Å². The van der Waals surface area contributed by atoms with E-state index in [4.69, 9.17) is 0 Å². The normalized spacial score (nSPS) is 26.9. The van der Waals surface area contributed by atoms with Crippen LogP contribution in [0.3, 0.4) is 0 Å². The summed E-state index contributed by atoms with van der Waals surface area (Å²) >= 11 is 0. The molecule has 0 bridgehead atoms. The van der Waals surface area contributed by atoms with Crippen molar-refractivity contribution in [2.75, 3.05) is 7.11 Å². The fraction of sp³-hybridized carbons (Fsp3) is 0.733. The number of hydrogen-bond donors (Lipinski definition) is 0. The van der Waals surface area contributed by atoms with Crippen molar-refractivity contribution in [3.63, 3.8) is 0 Å². The highest BCUT2D eigenvalue weighted by Crippen LogP contribution is 2.54. The monoisotopic (exact) mass is 370 g/mol. The molecule has 2 saturated carbocycles. The molecule has 0 spiro atoms. The summed E-state index contributed by atoms with van der Waals surface area (Å²) in [4.78, 5) is 11.9. The number of carbonyl (C=O) groups is 1. The van der Waals surface area contributed by atoms with Gasteiger partial charge in [-0.3, -0.25) is 4.68 Å². The van der Waals surface area contributed by atoms with Crippen molar-refractivity contribution in [3.8, 4) is 0 Å². The molecule has 1 aromatic heterocycles. The lowest BCUT2D eigenvalue weighted by molar-refractivity contribution is -0.160. The summed E-state index contributed by atoms with van der Waals surface area (Å²) in [6.45, 7) is 1.18. The number of ether oxygens (including phenoxy) is 1. The second-order valence-corrected chi connectivity index (χ2v) is 7.13. The average Bonchev–Trinajstić information content (AvgIpc) is 3.02. The zero-order valence-corrected chi connectivity index (χ0v) is 13.5. The molecule has 4 nitrogen and oxygen atoms in total. The molecular formula is C15H16F6N2O2. The first-order valence-electron chi connectivity index (χ1n) is 7.65. The Kier molecular flexibility index (Phi) is 3.88. The lowest BCUT2D eigenvalue weighted by Gasteiger charge is -2.44. The van der Waals surface area contributed by atoms with E-state index in [-0.39, 0.29) is 13.0 Å². The first-order valence-corrected chi connectivity index (χ1v) is 7.65. The van der Waals surface area contributed by atoms with Crippen molar-refractivity contribution < 1.29 is 35.9 Å². The molecule has 3 rings (SSSR count). The third kappa shape index (κ3) is 3.22. The van der Waals surface area contributed by atoms with Gasteiger partial charge in [-0.05, 0) is 11.8 Å². The van der Waals surface area contributed by atoms with Crippen molar-refractivity contribution in [2.45, 2.75) is 56.9 Å². The Morgan fingerprint density at radius 2 is 1.92 bits per heavy atom. The molecule has 1 heterocycles. The molecule has 0 amide bonds. The third-order valence-corrected chi connectivity index (χ3v) is 4.61. The summed E-state index contributed by atoms with van der Waals surface area (Å²) in [5, 5.41) is 3.78. The number of alkyl halides is 6. The Morgan fingerprint density at radius 3 is 2.32 bits per heavy atom. The zero-order chi connectivity index (χ0) is 18.8. The first kappa shape index (κ1) is 18.1. The van der Waals surface area contributed by atoms with Crippen LogP contribution in [0.2, 0.25) is 0 Å². The van der Waals surface area contributed by atoms with E-state index >= 15 is 0 Å². The molecule has 0 saturated heterocycles. The van der Waals surface area contributed by atoms with Crippen LogP contribution in [0.1, 0.15) is 53.8 Å². The van der Waals surface area contributed by atoms with Gasteiger partial charge in [0, 0.05) is 25.3 Å². The molecule has 2 aliphatic carbocycles. The lowest BCUT2D eigenvalue weighted by atomic mass is 9.67. The standard InChI is InChI=1S/C15H16F6N2O2/c1-13(4-14(17,18)5-13)6-23-11(12(24)25-2)9(15(19,20)21)10(22-23)7-3-8(7)16/h7-8H,3-6H2,1-2H3. The van der Waals surface area contributed by atoms with E-state index in [1.807, 2.05) is 0 Å². The van der Waals surface area contributed by atoms with Gasteiger partial charge in [-0.1, -0.05) is 6.92 Å². The van der Waals surface area contributed by atoms with Crippen molar-refractivity contribution in [2.24, 2.45) is 5.41 Å². The molecular weight excluding hydrogens is 354 g/mol. The van der Waals surface area contributed by atoms with Gasteiger partial charge in [-0.25, -0.2) is 18.0 Å². The molecule has 2 aliphatic rings. The van der Waals surface area contributed by atoms with Crippen LogP contribution < -0.4 is 0 Å². The highest BCUT2D eigenvalue weighted by molar-refractivity contribution is 5.90. The van der Waals surface area contributed by atoms with Gasteiger partial charge < -0.3 is 4.74 Å². The van der Waals surface area contributed by atoms with E-state index in [1.165, 1.54) is 6.92 Å². The minimum absolute atomic E-state index is 0.115. The molecule has 25 heavy (non-hydrogen) atoms. The van der Waals surface area contributed by atoms with Crippen molar-refractivity contribution >= 4 is 5.97 Å². The predicted octanol–water partition coefficient (Wildman–Crippen LogP) is 3.95. The summed E-state index contributed by atoms with van der Waals surface area (Å²) in [6.07, 6.45) is -7.56. The van der Waals surface area contributed by atoms with E-state index in [0.29, 0.717) is 0 Å². The Labute approximate surface area is 139 Å². The van der Waals surface area contributed by atoms with Gasteiger partial charge in [0.15, 0.2) is 5.69 Å². The van der Waals surface area contributed by atoms with E-state index < -0.39 is 65.4 Å². The maximum atomic E-state index is 13.5. The predicted molar refractivity (Wildman–Crippen MR) is 73.1 cm³/mol. The van der Waals surface area contributed by atoms with Crippen molar-refractivity contribution in [3.05, 3.63) is 17.0 Å². The van der Waals surface area contributed by atoms with Gasteiger partial charge in [-0.2, -0.15) is 18.3 Å². The Bertz CT molecular complexity index is 704.